The largest absolute Gasteiger partial charge is 0.429 e. The molecule has 1 fully saturated rings. The minimum absolute atomic E-state index is 0.225. The zero-order valence-electron chi connectivity index (χ0n) is 5.07. The molecule has 0 N–H and O–H groups in total. The molecule has 0 aromatic rings. The predicted molar refractivity (Wildman–Crippen MR) is 34.3 cm³/mol. The topological polar surface area (TPSA) is 0 Å². The van der Waals surface area contributed by atoms with Gasteiger partial charge in [-0.3, -0.25) is 8.22 Å². The van der Waals surface area contributed by atoms with Crippen molar-refractivity contribution in [3.05, 3.63) is 31.2 Å². The van der Waals surface area contributed by atoms with E-state index in [1.165, 1.54) is 12.8 Å². The molecule has 9 heavy (non-hydrogen) atoms. The Morgan fingerprint density at radius 2 is 1.67 bits per heavy atom. The van der Waals surface area contributed by atoms with Crippen LogP contribution in [0.1, 0.15) is 0 Å². The summed E-state index contributed by atoms with van der Waals surface area (Å²) in [5.74, 6) is 0. The van der Waals surface area contributed by atoms with E-state index >= 15 is 0 Å². The summed E-state index contributed by atoms with van der Waals surface area (Å²) in [6, 6.07) is 0. The molecule has 0 aromatic carbocycles. The van der Waals surface area contributed by atoms with Gasteiger partial charge in [0.15, 0.2) is 0 Å². The van der Waals surface area contributed by atoms with Crippen LogP contribution in [0, 0.1) is 31.2 Å². The lowest BCUT2D eigenvalue weighted by Crippen LogP contribution is -2.26. The monoisotopic (exact) mass is 145 g/mol. The molecular formula is C6H7F2Si. The van der Waals surface area contributed by atoms with E-state index < -0.39 is 8.74 Å². The lowest BCUT2D eigenvalue weighted by Gasteiger charge is -2.11. The van der Waals surface area contributed by atoms with E-state index in [-0.39, 0.29) is 5.54 Å². The second-order valence-corrected chi connectivity index (χ2v) is 4.42. The zero-order chi connectivity index (χ0) is 6.91. The van der Waals surface area contributed by atoms with Gasteiger partial charge in [0.05, 0.1) is 0 Å². The Balaban J connectivity index is 2.42. The van der Waals surface area contributed by atoms with Crippen molar-refractivity contribution < 1.29 is 8.22 Å². The molecule has 3 heteroatoms. The van der Waals surface area contributed by atoms with E-state index in [4.69, 9.17) is 0 Å². The minimum atomic E-state index is -3.98. The molecule has 1 rings (SSSR count). The Morgan fingerprint density at radius 1 is 1.22 bits per heavy atom. The van der Waals surface area contributed by atoms with Crippen LogP contribution in [0.5, 0.6) is 0 Å². The van der Waals surface area contributed by atoms with Crippen LogP contribution in [0.4, 0.5) is 8.22 Å². The van der Waals surface area contributed by atoms with Crippen LogP contribution in [0.3, 0.4) is 0 Å². The molecule has 0 aromatic heterocycles. The molecule has 0 unspecified atom stereocenters. The fraction of sp³-hybridized carbons (Fsp3) is 0.167. The van der Waals surface area contributed by atoms with Gasteiger partial charge in [0, 0.05) is 5.54 Å². The quantitative estimate of drug-likeness (QED) is 0.391. The highest BCUT2D eigenvalue weighted by Gasteiger charge is 2.41. The van der Waals surface area contributed by atoms with Gasteiger partial charge in [0.1, 0.15) is 0 Å². The maximum Gasteiger partial charge on any atom is 0.429 e. The first-order valence-corrected chi connectivity index (χ1v) is 4.96. The van der Waals surface area contributed by atoms with E-state index in [9.17, 15) is 8.22 Å². The number of rotatable bonds is 1. The van der Waals surface area contributed by atoms with Gasteiger partial charge in [-0.05, 0) is 32.2 Å². The standard InChI is InChI=1S/C6H7F2Si/c1-9(7,8)6-4-2-3-5-6/h2-5H,1H3. The van der Waals surface area contributed by atoms with Gasteiger partial charge in [-0.15, -0.1) is 0 Å². The molecule has 0 saturated heterocycles. The van der Waals surface area contributed by atoms with Crippen LogP contribution >= 0.6 is 0 Å². The Bertz CT molecular complexity index is 91.7. The van der Waals surface area contributed by atoms with Crippen LogP contribution in [0.2, 0.25) is 6.55 Å². The van der Waals surface area contributed by atoms with Crippen molar-refractivity contribution in [2.75, 3.05) is 0 Å². The average molecular weight is 145 g/mol. The van der Waals surface area contributed by atoms with Gasteiger partial charge in [0.25, 0.3) is 0 Å². The lowest BCUT2D eigenvalue weighted by atomic mass is 10.4. The van der Waals surface area contributed by atoms with Crippen LogP contribution in [0.15, 0.2) is 0 Å². The van der Waals surface area contributed by atoms with E-state index in [0.29, 0.717) is 0 Å². The molecule has 0 heterocycles. The molecule has 0 spiro atoms. The van der Waals surface area contributed by atoms with E-state index in [1.54, 1.807) is 12.8 Å². The molecule has 0 nitrogen and oxygen atoms in total. The van der Waals surface area contributed by atoms with Crippen LogP contribution in [-0.2, 0) is 0 Å². The molecule has 5 radical (unpaired) electrons. The van der Waals surface area contributed by atoms with Crippen LogP contribution < -0.4 is 0 Å². The molecule has 0 amide bonds. The Kier molecular flexibility index (Phi) is 1.89. The second-order valence-electron chi connectivity index (χ2n) is 2.06. The first-order chi connectivity index (χ1) is 4.11. The fourth-order valence-electron chi connectivity index (χ4n) is 0.667. The summed E-state index contributed by atoms with van der Waals surface area (Å²) in [6.45, 7) is 1.03. The molecule has 0 bridgehead atoms. The molecule has 1 aliphatic carbocycles. The van der Waals surface area contributed by atoms with Crippen molar-refractivity contribution in [3.63, 3.8) is 0 Å². The second kappa shape index (κ2) is 2.37. The molecule has 0 atom stereocenters. The molecule has 49 valence electrons. The van der Waals surface area contributed by atoms with Crippen molar-refractivity contribution in [2.45, 2.75) is 6.55 Å². The fourth-order valence-corrected chi connectivity index (χ4v) is 1.44. The maximum absolute atomic E-state index is 12.4. The summed E-state index contributed by atoms with van der Waals surface area (Å²) in [6.07, 6.45) is 6.23. The minimum Gasteiger partial charge on any atom is -0.270 e. The third-order valence-corrected chi connectivity index (χ3v) is 2.52. The highest BCUT2D eigenvalue weighted by Crippen LogP contribution is 2.33. The summed E-state index contributed by atoms with van der Waals surface area (Å²) < 4.78 is 24.9. The zero-order valence-corrected chi connectivity index (χ0v) is 6.07. The van der Waals surface area contributed by atoms with Crippen LogP contribution in [0.25, 0.3) is 0 Å². The Morgan fingerprint density at radius 3 is 1.89 bits per heavy atom. The lowest BCUT2D eigenvalue weighted by molar-refractivity contribution is 0.620. The third-order valence-electron chi connectivity index (χ3n) is 1.17. The summed E-state index contributed by atoms with van der Waals surface area (Å²) in [5.41, 5.74) is 0.225. The maximum atomic E-state index is 12.4. The highest BCUT2D eigenvalue weighted by molar-refractivity contribution is 6.72. The van der Waals surface area contributed by atoms with Crippen molar-refractivity contribution in [2.24, 2.45) is 0 Å². The SMILES string of the molecule is C[Si](F)(F)[C]1[CH][CH][CH][CH]1. The molecule has 0 aliphatic heterocycles. The van der Waals surface area contributed by atoms with E-state index in [0.717, 1.165) is 6.55 Å². The normalized spacial score (nSPS) is 23.0. The van der Waals surface area contributed by atoms with Gasteiger partial charge in [-0.25, -0.2) is 0 Å². The van der Waals surface area contributed by atoms with Crippen molar-refractivity contribution in [1.82, 2.24) is 0 Å². The number of halogens is 2. The Hall–Kier alpha value is 0.0769. The van der Waals surface area contributed by atoms with Crippen molar-refractivity contribution in [3.8, 4) is 0 Å². The van der Waals surface area contributed by atoms with Crippen molar-refractivity contribution in [1.29, 1.82) is 0 Å². The smallest absolute Gasteiger partial charge is 0.270 e. The first kappa shape index (κ1) is 7.19. The predicted octanol–water partition coefficient (Wildman–Crippen LogP) is 1.94. The van der Waals surface area contributed by atoms with Gasteiger partial charge in [-0.1, -0.05) is 0 Å². The summed E-state index contributed by atoms with van der Waals surface area (Å²) in [5, 5.41) is 0. The van der Waals surface area contributed by atoms with E-state index in [2.05, 4.69) is 0 Å². The first-order valence-electron chi connectivity index (χ1n) is 2.71. The van der Waals surface area contributed by atoms with Gasteiger partial charge in [-0.2, -0.15) is 0 Å². The number of hydrogen-bond acceptors (Lipinski definition) is 0. The van der Waals surface area contributed by atoms with Gasteiger partial charge in [0.2, 0.25) is 0 Å². The molecule has 1 aliphatic rings. The Labute approximate surface area is 55.6 Å². The van der Waals surface area contributed by atoms with Crippen LogP contribution in [-0.4, -0.2) is 8.74 Å². The average Bonchev–Trinajstić information content (AvgIpc) is 2.08. The summed E-state index contributed by atoms with van der Waals surface area (Å²) in [7, 11) is -3.98. The molecular weight excluding hydrogens is 138 g/mol. The van der Waals surface area contributed by atoms with Gasteiger partial charge >= 0.3 is 8.74 Å². The highest BCUT2D eigenvalue weighted by atomic mass is 28.4. The number of hydrogen-bond donors (Lipinski definition) is 0. The summed E-state index contributed by atoms with van der Waals surface area (Å²) >= 11 is 0. The van der Waals surface area contributed by atoms with Gasteiger partial charge < -0.3 is 0 Å². The van der Waals surface area contributed by atoms with E-state index in [1.807, 2.05) is 0 Å². The summed E-state index contributed by atoms with van der Waals surface area (Å²) in [4.78, 5) is 0. The molecule has 1 saturated carbocycles. The van der Waals surface area contributed by atoms with Crippen molar-refractivity contribution >= 4 is 8.74 Å². The third kappa shape index (κ3) is 1.74.